The first-order valence-corrected chi connectivity index (χ1v) is 9.91. The van der Waals surface area contributed by atoms with Gasteiger partial charge in [-0.05, 0) is 30.3 Å². The van der Waals surface area contributed by atoms with Crippen LogP contribution < -0.4 is 20.9 Å². The Kier molecular flexibility index (Phi) is 7.21. The number of carbonyl (C=O) groups excluding carboxylic acids is 2. The van der Waals surface area contributed by atoms with Crippen LogP contribution in [0.2, 0.25) is 5.02 Å². The lowest BCUT2D eigenvalue weighted by molar-refractivity contribution is -0.122. The molecule has 0 aliphatic carbocycles. The molecular formula is C22H20ClFN4O4. The number of ether oxygens (including phenoxy) is 1. The molecule has 0 fully saturated rings. The molecule has 32 heavy (non-hydrogen) atoms. The van der Waals surface area contributed by atoms with Gasteiger partial charge in [-0.3, -0.25) is 14.4 Å². The summed E-state index contributed by atoms with van der Waals surface area (Å²) in [4.78, 5) is 40.5. The molecule has 2 N–H and O–H groups in total. The number of hydrogen-bond acceptors (Lipinski definition) is 5. The maximum absolute atomic E-state index is 13.4. The summed E-state index contributed by atoms with van der Waals surface area (Å²) in [6.07, 6.45) is 1.69. The van der Waals surface area contributed by atoms with Crippen molar-refractivity contribution in [3.63, 3.8) is 0 Å². The molecule has 3 aromatic rings. The van der Waals surface area contributed by atoms with Crippen molar-refractivity contribution in [2.75, 3.05) is 13.2 Å². The van der Waals surface area contributed by atoms with Gasteiger partial charge in [-0.2, -0.15) is 0 Å². The van der Waals surface area contributed by atoms with E-state index < -0.39 is 11.7 Å². The second-order valence-corrected chi connectivity index (χ2v) is 7.32. The summed E-state index contributed by atoms with van der Waals surface area (Å²) in [7, 11) is 1.60. The molecule has 2 amide bonds. The Morgan fingerprint density at radius 1 is 1.25 bits per heavy atom. The maximum Gasteiger partial charge on any atom is 0.262 e. The van der Waals surface area contributed by atoms with Crippen LogP contribution in [0.1, 0.15) is 16.8 Å². The van der Waals surface area contributed by atoms with Gasteiger partial charge in [0.2, 0.25) is 0 Å². The summed E-state index contributed by atoms with van der Waals surface area (Å²) < 4.78 is 19.9. The van der Waals surface area contributed by atoms with E-state index in [0.717, 1.165) is 6.07 Å². The number of rotatable bonds is 8. The lowest BCUT2D eigenvalue weighted by Gasteiger charge is -2.11. The molecule has 0 saturated carbocycles. The number of carbonyl (C=O) groups is 2. The molecule has 0 aliphatic rings. The highest BCUT2D eigenvalue weighted by Gasteiger charge is 2.10. The minimum Gasteiger partial charge on any atom is -0.484 e. The van der Waals surface area contributed by atoms with E-state index in [2.05, 4.69) is 22.2 Å². The van der Waals surface area contributed by atoms with Gasteiger partial charge in [0.1, 0.15) is 11.6 Å². The number of fused-ring (bicyclic) bond motifs is 1. The van der Waals surface area contributed by atoms with Gasteiger partial charge in [0.05, 0.1) is 22.3 Å². The molecule has 10 heteroatoms. The number of hydrogen-bond donors (Lipinski definition) is 2. The molecule has 0 unspecified atom stereocenters. The van der Waals surface area contributed by atoms with Crippen LogP contribution in [0.25, 0.3) is 10.9 Å². The minimum absolute atomic E-state index is 0.0403. The Morgan fingerprint density at radius 3 is 2.78 bits per heavy atom. The van der Waals surface area contributed by atoms with E-state index in [1.54, 1.807) is 25.2 Å². The highest BCUT2D eigenvalue weighted by molar-refractivity contribution is 6.30. The molecule has 0 radical (unpaired) electrons. The Morgan fingerprint density at radius 2 is 2.03 bits per heavy atom. The molecule has 3 rings (SSSR count). The van der Waals surface area contributed by atoms with Crippen molar-refractivity contribution < 1.29 is 18.7 Å². The number of halogens is 2. The molecule has 2 aromatic carbocycles. The van der Waals surface area contributed by atoms with Crippen molar-refractivity contribution in [3.8, 4) is 5.75 Å². The monoisotopic (exact) mass is 458 g/mol. The third kappa shape index (κ3) is 5.70. The number of nitrogens with one attached hydrogen (secondary N) is 2. The summed E-state index contributed by atoms with van der Waals surface area (Å²) in [5, 5.41) is 5.65. The second-order valence-electron chi connectivity index (χ2n) is 6.91. The van der Waals surface area contributed by atoms with Crippen LogP contribution >= 0.6 is 11.6 Å². The first kappa shape index (κ1) is 23.0. The van der Waals surface area contributed by atoms with Crippen molar-refractivity contribution >= 4 is 34.3 Å². The SMILES string of the molecule is C=C(CCNC(=O)c1ccc2c(=O)n(C)cnc2c1)NC(=O)COc1ccc(Cl)c(F)c1. The molecule has 0 saturated heterocycles. The number of nitrogens with zero attached hydrogens (tertiary/aromatic N) is 2. The average molecular weight is 459 g/mol. The van der Waals surface area contributed by atoms with E-state index in [1.807, 2.05) is 0 Å². The van der Waals surface area contributed by atoms with Crippen molar-refractivity contribution in [3.05, 3.63) is 81.8 Å². The van der Waals surface area contributed by atoms with Gasteiger partial charge in [0, 0.05) is 37.3 Å². The molecule has 8 nitrogen and oxygen atoms in total. The van der Waals surface area contributed by atoms with Crippen LogP contribution in [0.4, 0.5) is 4.39 Å². The Balaban J connectivity index is 1.44. The zero-order valence-corrected chi connectivity index (χ0v) is 17.9. The number of benzene rings is 2. The van der Waals surface area contributed by atoms with Gasteiger partial charge >= 0.3 is 0 Å². The fraction of sp³-hybridized carbons (Fsp3) is 0.182. The number of aromatic nitrogens is 2. The average Bonchev–Trinajstić information content (AvgIpc) is 2.76. The van der Waals surface area contributed by atoms with E-state index in [4.69, 9.17) is 16.3 Å². The van der Waals surface area contributed by atoms with Crippen LogP contribution in [-0.2, 0) is 11.8 Å². The molecular weight excluding hydrogens is 439 g/mol. The summed E-state index contributed by atoms with van der Waals surface area (Å²) >= 11 is 5.59. The zero-order valence-electron chi connectivity index (χ0n) is 17.2. The van der Waals surface area contributed by atoms with Crippen molar-refractivity contribution in [2.24, 2.45) is 7.05 Å². The molecule has 0 aliphatic heterocycles. The molecule has 0 atom stereocenters. The third-order valence-electron chi connectivity index (χ3n) is 4.47. The molecule has 0 bridgehead atoms. The second kappa shape index (κ2) is 10.1. The van der Waals surface area contributed by atoms with Crippen LogP contribution in [0.5, 0.6) is 5.75 Å². The van der Waals surface area contributed by atoms with E-state index in [1.165, 1.54) is 23.0 Å². The lowest BCUT2D eigenvalue weighted by atomic mass is 10.1. The summed E-state index contributed by atoms with van der Waals surface area (Å²) in [5.74, 6) is -1.29. The Hall–Kier alpha value is -3.72. The standard InChI is InChI=1S/C22H20ClFN4O4/c1-13(27-20(29)11-32-15-4-6-17(23)18(24)10-15)7-8-25-21(30)14-3-5-16-19(9-14)26-12-28(2)22(16)31/h3-6,9-10,12H,1,7-8,11H2,2H3,(H,25,30)(H,27,29). The van der Waals surface area contributed by atoms with Crippen LogP contribution in [0.15, 0.2) is 59.8 Å². The van der Waals surface area contributed by atoms with Crippen LogP contribution in [0, 0.1) is 5.82 Å². The number of aryl methyl sites for hydroxylation is 1. The van der Waals surface area contributed by atoms with Gasteiger partial charge in [0.25, 0.3) is 17.4 Å². The van der Waals surface area contributed by atoms with Gasteiger partial charge in [0.15, 0.2) is 6.61 Å². The smallest absolute Gasteiger partial charge is 0.262 e. The maximum atomic E-state index is 13.4. The molecule has 1 aromatic heterocycles. The Labute approximate surface area is 187 Å². The first-order chi connectivity index (χ1) is 15.2. The van der Waals surface area contributed by atoms with Gasteiger partial charge in [-0.25, -0.2) is 9.37 Å². The lowest BCUT2D eigenvalue weighted by Crippen LogP contribution is -2.31. The van der Waals surface area contributed by atoms with E-state index in [9.17, 15) is 18.8 Å². The fourth-order valence-electron chi connectivity index (χ4n) is 2.79. The minimum atomic E-state index is -0.644. The van der Waals surface area contributed by atoms with Crippen molar-refractivity contribution in [1.82, 2.24) is 20.2 Å². The third-order valence-corrected chi connectivity index (χ3v) is 4.78. The van der Waals surface area contributed by atoms with Crippen molar-refractivity contribution in [2.45, 2.75) is 6.42 Å². The normalized spacial score (nSPS) is 10.6. The predicted octanol–water partition coefficient (Wildman–Crippen LogP) is 2.55. The number of amides is 2. The molecule has 0 spiro atoms. The van der Waals surface area contributed by atoms with E-state index >= 15 is 0 Å². The largest absolute Gasteiger partial charge is 0.484 e. The Bertz CT molecular complexity index is 1260. The van der Waals surface area contributed by atoms with Gasteiger partial charge < -0.3 is 19.9 Å². The zero-order chi connectivity index (χ0) is 23.3. The summed E-state index contributed by atoms with van der Waals surface area (Å²) in [6, 6.07) is 8.51. The summed E-state index contributed by atoms with van der Waals surface area (Å²) in [5.41, 5.74) is 0.971. The van der Waals surface area contributed by atoms with Crippen LogP contribution in [0.3, 0.4) is 0 Å². The predicted molar refractivity (Wildman–Crippen MR) is 118 cm³/mol. The van der Waals surface area contributed by atoms with E-state index in [-0.39, 0.29) is 35.4 Å². The summed E-state index contributed by atoms with van der Waals surface area (Å²) in [6.45, 7) is 3.63. The molecule has 166 valence electrons. The highest BCUT2D eigenvalue weighted by Crippen LogP contribution is 2.20. The molecule has 1 heterocycles. The van der Waals surface area contributed by atoms with Gasteiger partial charge in [-0.1, -0.05) is 18.2 Å². The van der Waals surface area contributed by atoms with Crippen molar-refractivity contribution in [1.29, 1.82) is 0 Å². The quantitative estimate of drug-likeness (QED) is 0.540. The van der Waals surface area contributed by atoms with Gasteiger partial charge in [-0.15, -0.1) is 0 Å². The highest BCUT2D eigenvalue weighted by atomic mass is 35.5. The topological polar surface area (TPSA) is 102 Å². The first-order valence-electron chi connectivity index (χ1n) is 9.53. The van der Waals surface area contributed by atoms with E-state index in [0.29, 0.717) is 28.6 Å². The van der Waals surface area contributed by atoms with Crippen LogP contribution in [-0.4, -0.2) is 34.5 Å². The fourth-order valence-corrected chi connectivity index (χ4v) is 2.91.